The Kier molecular flexibility index (Phi) is 4.74. The summed E-state index contributed by atoms with van der Waals surface area (Å²) in [7, 11) is 0. The lowest BCUT2D eigenvalue weighted by Gasteiger charge is -2.09. The van der Waals surface area contributed by atoms with E-state index in [4.69, 9.17) is 0 Å². The maximum absolute atomic E-state index is 12.2. The van der Waals surface area contributed by atoms with E-state index < -0.39 is 10.8 Å². The SMILES string of the molecule is Cc1cccc(NC(=O)c2cc(Br)cc([N+](=O)[O-])c2)c1Br. The summed E-state index contributed by atoms with van der Waals surface area (Å²) in [5, 5.41) is 13.6. The molecule has 0 radical (unpaired) electrons. The molecule has 0 unspecified atom stereocenters. The molecule has 0 fully saturated rings. The second kappa shape index (κ2) is 6.36. The van der Waals surface area contributed by atoms with Gasteiger partial charge in [-0.1, -0.05) is 28.1 Å². The summed E-state index contributed by atoms with van der Waals surface area (Å²) in [4.78, 5) is 22.5. The molecule has 0 saturated carbocycles. The summed E-state index contributed by atoms with van der Waals surface area (Å²) in [6.45, 7) is 1.91. The number of hydrogen-bond acceptors (Lipinski definition) is 3. The molecule has 2 aromatic carbocycles. The minimum atomic E-state index is -0.538. The van der Waals surface area contributed by atoms with E-state index in [0.717, 1.165) is 10.0 Å². The second-order valence-corrected chi connectivity index (χ2v) is 6.05. The Morgan fingerprint density at radius 1 is 1.24 bits per heavy atom. The summed E-state index contributed by atoms with van der Waals surface area (Å²) in [6, 6.07) is 9.60. The molecule has 2 rings (SSSR count). The number of nitro benzene ring substituents is 1. The van der Waals surface area contributed by atoms with Crippen LogP contribution in [0.2, 0.25) is 0 Å². The number of halogens is 2. The molecule has 0 saturated heterocycles. The Balaban J connectivity index is 2.32. The van der Waals surface area contributed by atoms with Gasteiger partial charge in [-0.3, -0.25) is 14.9 Å². The molecular formula is C14H10Br2N2O3. The zero-order valence-electron chi connectivity index (χ0n) is 10.9. The zero-order valence-corrected chi connectivity index (χ0v) is 14.1. The van der Waals surface area contributed by atoms with Gasteiger partial charge in [0, 0.05) is 26.6 Å². The van der Waals surface area contributed by atoms with Crippen molar-refractivity contribution in [1.29, 1.82) is 0 Å². The molecule has 0 aliphatic carbocycles. The van der Waals surface area contributed by atoms with E-state index >= 15 is 0 Å². The highest BCUT2D eigenvalue weighted by atomic mass is 79.9. The van der Waals surface area contributed by atoms with Gasteiger partial charge in [0.15, 0.2) is 0 Å². The summed E-state index contributed by atoms with van der Waals surface area (Å²) in [5.41, 5.74) is 1.66. The topological polar surface area (TPSA) is 72.2 Å². The van der Waals surface area contributed by atoms with E-state index in [1.54, 1.807) is 6.07 Å². The fraction of sp³-hybridized carbons (Fsp3) is 0.0714. The average Bonchev–Trinajstić information content (AvgIpc) is 2.43. The van der Waals surface area contributed by atoms with Gasteiger partial charge < -0.3 is 5.32 Å². The minimum Gasteiger partial charge on any atom is -0.321 e. The molecule has 0 atom stereocenters. The average molecular weight is 414 g/mol. The Labute approximate surface area is 137 Å². The molecule has 1 amide bonds. The first-order valence-electron chi connectivity index (χ1n) is 5.90. The van der Waals surface area contributed by atoms with Gasteiger partial charge in [-0.25, -0.2) is 0 Å². The van der Waals surface area contributed by atoms with Crippen molar-refractivity contribution < 1.29 is 9.72 Å². The first-order valence-corrected chi connectivity index (χ1v) is 7.48. The van der Waals surface area contributed by atoms with Crippen molar-refractivity contribution in [2.45, 2.75) is 6.92 Å². The Bertz CT molecular complexity index is 732. The number of anilines is 1. The smallest absolute Gasteiger partial charge is 0.271 e. The number of carbonyl (C=O) groups excluding carboxylic acids is 1. The van der Waals surface area contributed by atoms with Crippen LogP contribution in [0.4, 0.5) is 11.4 Å². The maximum atomic E-state index is 12.2. The molecule has 0 heterocycles. The number of benzene rings is 2. The predicted molar refractivity (Wildman–Crippen MR) is 87.6 cm³/mol. The molecule has 5 nitrogen and oxygen atoms in total. The van der Waals surface area contributed by atoms with Crippen LogP contribution in [0.1, 0.15) is 15.9 Å². The second-order valence-electron chi connectivity index (χ2n) is 4.35. The van der Waals surface area contributed by atoms with Crippen LogP contribution in [0.3, 0.4) is 0 Å². The van der Waals surface area contributed by atoms with E-state index in [1.807, 2.05) is 19.1 Å². The highest BCUT2D eigenvalue weighted by Crippen LogP contribution is 2.27. The number of amides is 1. The molecular weight excluding hydrogens is 404 g/mol. The molecule has 0 spiro atoms. The molecule has 21 heavy (non-hydrogen) atoms. The molecule has 0 aliphatic rings. The molecule has 0 bridgehead atoms. The van der Waals surface area contributed by atoms with Crippen molar-refractivity contribution in [2.24, 2.45) is 0 Å². The van der Waals surface area contributed by atoms with Crippen molar-refractivity contribution >= 4 is 49.1 Å². The van der Waals surface area contributed by atoms with Gasteiger partial charge in [-0.05, 0) is 40.5 Å². The highest BCUT2D eigenvalue weighted by molar-refractivity contribution is 9.11. The normalized spacial score (nSPS) is 10.2. The van der Waals surface area contributed by atoms with E-state index in [2.05, 4.69) is 37.2 Å². The lowest BCUT2D eigenvalue weighted by Crippen LogP contribution is -2.13. The Morgan fingerprint density at radius 2 is 1.95 bits per heavy atom. The van der Waals surface area contributed by atoms with E-state index in [-0.39, 0.29) is 11.3 Å². The van der Waals surface area contributed by atoms with Crippen molar-refractivity contribution in [1.82, 2.24) is 0 Å². The van der Waals surface area contributed by atoms with Gasteiger partial charge in [0.05, 0.1) is 10.6 Å². The third kappa shape index (κ3) is 3.68. The number of nitrogens with one attached hydrogen (secondary N) is 1. The fourth-order valence-electron chi connectivity index (χ4n) is 1.75. The fourth-order valence-corrected chi connectivity index (χ4v) is 2.59. The van der Waals surface area contributed by atoms with Gasteiger partial charge >= 0.3 is 0 Å². The number of nitro groups is 1. The first kappa shape index (κ1) is 15.7. The van der Waals surface area contributed by atoms with E-state index in [0.29, 0.717) is 10.2 Å². The summed E-state index contributed by atoms with van der Waals surface area (Å²) in [5.74, 6) is -0.411. The number of aryl methyl sites for hydroxylation is 1. The van der Waals surface area contributed by atoms with Gasteiger partial charge in [0.1, 0.15) is 0 Å². The Morgan fingerprint density at radius 3 is 2.62 bits per heavy atom. The summed E-state index contributed by atoms with van der Waals surface area (Å²) >= 11 is 6.57. The van der Waals surface area contributed by atoms with Crippen LogP contribution in [0, 0.1) is 17.0 Å². The molecule has 7 heteroatoms. The van der Waals surface area contributed by atoms with Crippen molar-refractivity contribution in [2.75, 3.05) is 5.32 Å². The van der Waals surface area contributed by atoms with Crippen molar-refractivity contribution in [3.05, 3.63) is 66.6 Å². The monoisotopic (exact) mass is 412 g/mol. The summed E-state index contributed by atoms with van der Waals surface area (Å²) < 4.78 is 1.26. The molecule has 2 aromatic rings. The van der Waals surface area contributed by atoms with Crippen molar-refractivity contribution in [3.63, 3.8) is 0 Å². The van der Waals surface area contributed by atoms with Crippen LogP contribution >= 0.6 is 31.9 Å². The molecule has 0 aliphatic heterocycles. The quantitative estimate of drug-likeness (QED) is 0.586. The van der Waals surface area contributed by atoms with Crippen LogP contribution in [-0.2, 0) is 0 Å². The largest absolute Gasteiger partial charge is 0.321 e. The van der Waals surface area contributed by atoms with Gasteiger partial charge in [0.2, 0.25) is 0 Å². The number of nitrogens with zero attached hydrogens (tertiary/aromatic N) is 1. The first-order chi connectivity index (χ1) is 9.88. The lowest BCUT2D eigenvalue weighted by atomic mass is 10.1. The predicted octanol–water partition coefficient (Wildman–Crippen LogP) is 4.68. The van der Waals surface area contributed by atoms with Crippen LogP contribution in [0.5, 0.6) is 0 Å². The standard InChI is InChI=1S/C14H10Br2N2O3/c1-8-3-2-4-12(13(8)16)17-14(19)9-5-10(15)7-11(6-9)18(20)21/h2-7H,1H3,(H,17,19). The van der Waals surface area contributed by atoms with E-state index in [1.165, 1.54) is 18.2 Å². The molecule has 0 aromatic heterocycles. The van der Waals surface area contributed by atoms with Crippen LogP contribution in [0.15, 0.2) is 45.3 Å². The number of non-ortho nitro benzene ring substituents is 1. The number of rotatable bonds is 3. The Hall–Kier alpha value is -1.73. The third-order valence-corrected chi connectivity index (χ3v) is 4.31. The molecule has 1 N–H and O–H groups in total. The number of carbonyl (C=O) groups is 1. The maximum Gasteiger partial charge on any atom is 0.271 e. The molecule has 108 valence electrons. The zero-order chi connectivity index (χ0) is 15.6. The lowest BCUT2D eigenvalue weighted by molar-refractivity contribution is -0.384. The number of hydrogen-bond donors (Lipinski definition) is 1. The van der Waals surface area contributed by atoms with Crippen molar-refractivity contribution in [3.8, 4) is 0 Å². The highest BCUT2D eigenvalue weighted by Gasteiger charge is 2.15. The third-order valence-electron chi connectivity index (χ3n) is 2.80. The summed E-state index contributed by atoms with van der Waals surface area (Å²) in [6.07, 6.45) is 0. The van der Waals surface area contributed by atoms with E-state index in [9.17, 15) is 14.9 Å². The van der Waals surface area contributed by atoms with Gasteiger partial charge in [-0.2, -0.15) is 0 Å². The van der Waals surface area contributed by atoms with Crippen LogP contribution < -0.4 is 5.32 Å². The van der Waals surface area contributed by atoms with Gasteiger partial charge in [0.25, 0.3) is 11.6 Å². The van der Waals surface area contributed by atoms with Crippen LogP contribution in [0.25, 0.3) is 0 Å². The van der Waals surface area contributed by atoms with Gasteiger partial charge in [-0.15, -0.1) is 0 Å². The minimum absolute atomic E-state index is 0.141. The van der Waals surface area contributed by atoms with Crippen LogP contribution in [-0.4, -0.2) is 10.8 Å².